The van der Waals surface area contributed by atoms with Crippen LogP contribution in [-0.2, 0) is 9.63 Å². The molecule has 0 saturated carbocycles. The van der Waals surface area contributed by atoms with Crippen LogP contribution in [0.1, 0.15) is 5.56 Å². The van der Waals surface area contributed by atoms with E-state index in [1.165, 1.54) is 6.21 Å². The summed E-state index contributed by atoms with van der Waals surface area (Å²) >= 11 is 0. The highest BCUT2D eigenvalue weighted by Crippen LogP contribution is 2.26. The number of amides is 1. The smallest absolute Gasteiger partial charge is 0.265 e. The maximum atomic E-state index is 12.0. The van der Waals surface area contributed by atoms with Crippen LogP contribution in [0, 0.1) is 0 Å². The highest BCUT2D eigenvalue weighted by molar-refractivity contribution is 5.92. The fourth-order valence-electron chi connectivity index (χ4n) is 2.70. The van der Waals surface area contributed by atoms with Crippen molar-refractivity contribution < 1.29 is 19.1 Å². The molecular weight excluding hydrogens is 368 g/mol. The number of benzene rings is 3. The van der Waals surface area contributed by atoms with Crippen molar-refractivity contribution in [3.63, 3.8) is 0 Å². The Morgan fingerprint density at radius 1 is 0.897 bits per heavy atom. The van der Waals surface area contributed by atoms with Crippen LogP contribution in [0.25, 0.3) is 11.1 Å². The Labute approximate surface area is 169 Å². The molecule has 0 heterocycles. The predicted molar refractivity (Wildman–Crippen MR) is 114 cm³/mol. The van der Waals surface area contributed by atoms with Gasteiger partial charge in [0, 0.05) is 11.3 Å². The average molecular weight is 390 g/mol. The van der Waals surface area contributed by atoms with E-state index in [0.29, 0.717) is 17.2 Å². The molecule has 0 aliphatic carbocycles. The van der Waals surface area contributed by atoms with Crippen LogP contribution in [0.3, 0.4) is 0 Å². The van der Waals surface area contributed by atoms with Crippen molar-refractivity contribution in [2.45, 2.75) is 0 Å². The third-order valence-corrected chi connectivity index (χ3v) is 4.16. The van der Waals surface area contributed by atoms with Gasteiger partial charge in [-0.05, 0) is 41.5 Å². The van der Waals surface area contributed by atoms with Gasteiger partial charge in [0.05, 0.1) is 20.4 Å². The number of oxime groups is 1. The van der Waals surface area contributed by atoms with E-state index in [9.17, 15) is 4.79 Å². The van der Waals surface area contributed by atoms with Gasteiger partial charge < -0.3 is 19.6 Å². The second-order valence-corrected chi connectivity index (χ2v) is 6.11. The number of methoxy groups -OCH3 is 2. The van der Waals surface area contributed by atoms with Gasteiger partial charge in [0.25, 0.3) is 5.91 Å². The van der Waals surface area contributed by atoms with Crippen LogP contribution >= 0.6 is 0 Å². The molecule has 0 radical (unpaired) electrons. The zero-order chi connectivity index (χ0) is 20.5. The molecule has 6 heteroatoms. The summed E-state index contributed by atoms with van der Waals surface area (Å²) in [6.07, 6.45) is 1.50. The summed E-state index contributed by atoms with van der Waals surface area (Å²) in [5.74, 6) is 0.929. The number of ether oxygens (including phenoxy) is 2. The van der Waals surface area contributed by atoms with Gasteiger partial charge in [0.15, 0.2) is 18.1 Å². The van der Waals surface area contributed by atoms with E-state index in [1.807, 2.05) is 60.7 Å². The second-order valence-electron chi connectivity index (χ2n) is 6.11. The molecule has 3 rings (SSSR count). The molecule has 0 aliphatic heterocycles. The van der Waals surface area contributed by atoms with E-state index < -0.39 is 0 Å². The van der Waals surface area contributed by atoms with Gasteiger partial charge in [-0.25, -0.2) is 0 Å². The van der Waals surface area contributed by atoms with Crippen LogP contribution in [-0.4, -0.2) is 32.9 Å². The Morgan fingerprint density at radius 2 is 1.59 bits per heavy atom. The summed E-state index contributed by atoms with van der Waals surface area (Å²) in [5.41, 5.74) is 3.67. The molecule has 3 aromatic rings. The van der Waals surface area contributed by atoms with Crippen LogP contribution < -0.4 is 14.8 Å². The van der Waals surface area contributed by atoms with Crippen molar-refractivity contribution in [3.05, 3.63) is 78.4 Å². The van der Waals surface area contributed by atoms with E-state index in [4.69, 9.17) is 14.3 Å². The summed E-state index contributed by atoms with van der Waals surface area (Å²) in [4.78, 5) is 17.1. The minimum atomic E-state index is -0.290. The lowest BCUT2D eigenvalue weighted by molar-refractivity contribution is -0.120. The number of hydrogen-bond acceptors (Lipinski definition) is 5. The first-order valence-corrected chi connectivity index (χ1v) is 9.02. The van der Waals surface area contributed by atoms with Crippen molar-refractivity contribution in [2.24, 2.45) is 5.16 Å². The Hall–Kier alpha value is -3.80. The molecule has 1 amide bonds. The number of carbonyl (C=O) groups is 1. The van der Waals surface area contributed by atoms with Crippen molar-refractivity contribution in [2.75, 3.05) is 26.1 Å². The normalized spacial score (nSPS) is 10.6. The number of nitrogens with zero attached hydrogens (tertiary/aromatic N) is 1. The first kappa shape index (κ1) is 19.9. The fraction of sp³-hybridized carbons (Fsp3) is 0.130. The molecule has 0 unspecified atom stereocenters. The maximum absolute atomic E-state index is 12.0. The molecule has 0 saturated heterocycles. The molecule has 1 N–H and O–H groups in total. The highest BCUT2D eigenvalue weighted by Gasteiger charge is 2.05. The fourth-order valence-corrected chi connectivity index (χ4v) is 2.70. The molecule has 29 heavy (non-hydrogen) atoms. The summed E-state index contributed by atoms with van der Waals surface area (Å²) in [6.45, 7) is -0.190. The summed E-state index contributed by atoms with van der Waals surface area (Å²) in [6, 6.07) is 23.0. The minimum absolute atomic E-state index is 0.190. The number of hydrogen-bond donors (Lipinski definition) is 1. The molecule has 0 fully saturated rings. The molecule has 0 aromatic heterocycles. The van der Waals surface area contributed by atoms with E-state index in [-0.39, 0.29) is 12.5 Å². The number of anilines is 1. The Balaban J connectivity index is 1.49. The summed E-state index contributed by atoms with van der Waals surface area (Å²) < 4.78 is 10.4. The van der Waals surface area contributed by atoms with Crippen LogP contribution in [0.5, 0.6) is 11.5 Å². The first-order valence-electron chi connectivity index (χ1n) is 9.02. The standard InChI is InChI=1S/C23H22N2O4/c1-27-21-13-8-17(14-22(21)28-2)15-24-29-16-23(26)25-20-11-9-19(10-12-20)18-6-4-3-5-7-18/h3-15H,16H2,1-2H3,(H,25,26)/b24-15-. The number of nitrogens with one attached hydrogen (secondary N) is 1. The lowest BCUT2D eigenvalue weighted by Crippen LogP contribution is -2.16. The van der Waals surface area contributed by atoms with Gasteiger partial charge in [-0.1, -0.05) is 47.6 Å². The zero-order valence-electron chi connectivity index (χ0n) is 16.3. The van der Waals surface area contributed by atoms with Crippen LogP contribution in [0.15, 0.2) is 78.0 Å². The lowest BCUT2D eigenvalue weighted by Gasteiger charge is -2.07. The van der Waals surface area contributed by atoms with Crippen molar-refractivity contribution in [1.82, 2.24) is 0 Å². The second kappa shape index (κ2) is 9.94. The monoisotopic (exact) mass is 390 g/mol. The molecule has 3 aromatic carbocycles. The third kappa shape index (κ3) is 5.59. The van der Waals surface area contributed by atoms with Crippen molar-refractivity contribution >= 4 is 17.8 Å². The zero-order valence-corrected chi connectivity index (χ0v) is 16.3. The lowest BCUT2D eigenvalue weighted by atomic mass is 10.1. The van der Waals surface area contributed by atoms with Crippen LogP contribution in [0.2, 0.25) is 0 Å². The number of carbonyl (C=O) groups excluding carboxylic acids is 1. The van der Waals surface area contributed by atoms with Gasteiger partial charge in [0.2, 0.25) is 0 Å². The van der Waals surface area contributed by atoms with Crippen molar-refractivity contribution in [1.29, 1.82) is 0 Å². The van der Waals surface area contributed by atoms with Gasteiger partial charge in [-0.3, -0.25) is 4.79 Å². The van der Waals surface area contributed by atoms with E-state index in [1.54, 1.807) is 26.4 Å². The quantitative estimate of drug-likeness (QED) is 0.458. The molecule has 0 bridgehead atoms. The average Bonchev–Trinajstić information content (AvgIpc) is 2.77. The molecule has 6 nitrogen and oxygen atoms in total. The van der Waals surface area contributed by atoms with Gasteiger partial charge in [0.1, 0.15) is 0 Å². The topological polar surface area (TPSA) is 69.2 Å². The summed E-state index contributed by atoms with van der Waals surface area (Å²) in [7, 11) is 3.13. The van der Waals surface area contributed by atoms with E-state index in [2.05, 4.69) is 10.5 Å². The van der Waals surface area contributed by atoms with E-state index >= 15 is 0 Å². The molecule has 0 atom stereocenters. The molecule has 0 spiro atoms. The maximum Gasteiger partial charge on any atom is 0.265 e. The predicted octanol–water partition coefficient (Wildman–Crippen LogP) is 4.36. The third-order valence-electron chi connectivity index (χ3n) is 4.16. The van der Waals surface area contributed by atoms with Gasteiger partial charge in [-0.2, -0.15) is 0 Å². The largest absolute Gasteiger partial charge is 0.493 e. The Morgan fingerprint density at radius 3 is 2.28 bits per heavy atom. The van der Waals surface area contributed by atoms with Gasteiger partial charge >= 0.3 is 0 Å². The van der Waals surface area contributed by atoms with Gasteiger partial charge in [-0.15, -0.1) is 0 Å². The summed E-state index contributed by atoms with van der Waals surface area (Å²) in [5, 5.41) is 6.60. The van der Waals surface area contributed by atoms with Crippen molar-refractivity contribution in [3.8, 4) is 22.6 Å². The van der Waals surface area contributed by atoms with E-state index in [0.717, 1.165) is 16.7 Å². The Kier molecular flexibility index (Phi) is 6.84. The minimum Gasteiger partial charge on any atom is -0.493 e. The SMILES string of the molecule is COc1ccc(/C=N\OCC(=O)Nc2ccc(-c3ccccc3)cc2)cc1OC. The molecule has 0 aliphatic rings. The Bertz CT molecular complexity index is 970. The first-order chi connectivity index (χ1) is 14.2. The highest BCUT2D eigenvalue weighted by atomic mass is 16.6. The van der Waals surface area contributed by atoms with Crippen LogP contribution in [0.4, 0.5) is 5.69 Å². The number of rotatable bonds is 8. The molecule has 148 valence electrons. The molecular formula is C23H22N2O4.